The minimum atomic E-state index is -2.47. The zero-order chi connectivity index (χ0) is 21.8. The lowest BCUT2D eigenvalue weighted by Crippen LogP contribution is -2.29. The number of amides is 1. The normalized spacial score (nSPS) is 14.5. The molecule has 5 nitrogen and oxygen atoms in total. The number of aromatic nitrogens is 2. The quantitative estimate of drug-likeness (QED) is 0.373. The van der Waals surface area contributed by atoms with Gasteiger partial charge in [-0.05, 0) is 54.8 Å². The zero-order valence-corrected chi connectivity index (χ0v) is 18.4. The topological polar surface area (TPSA) is 66.9 Å². The van der Waals surface area contributed by atoms with Crippen LogP contribution in [-0.2, 0) is 4.79 Å². The largest absolute Gasteiger partial charge is 0.352 e. The molecule has 1 unspecified atom stereocenters. The maximum absolute atomic E-state index is 13.3. The predicted molar refractivity (Wildman–Crippen MR) is 118 cm³/mol. The van der Waals surface area contributed by atoms with E-state index in [0.717, 1.165) is 12.8 Å². The number of alkyl halides is 2. The fourth-order valence-electron chi connectivity index (χ4n) is 2.67. The summed E-state index contributed by atoms with van der Waals surface area (Å²) in [4.78, 5) is 13.2. The van der Waals surface area contributed by atoms with Crippen molar-refractivity contribution >= 4 is 51.6 Å². The average Bonchev–Trinajstić information content (AvgIpc) is 3.44. The van der Waals surface area contributed by atoms with Crippen LogP contribution in [0.5, 0.6) is 0 Å². The van der Waals surface area contributed by atoms with Gasteiger partial charge in [0.2, 0.25) is 11.0 Å². The van der Waals surface area contributed by atoms with Gasteiger partial charge in [0.25, 0.3) is 5.76 Å². The van der Waals surface area contributed by atoms with Crippen LogP contribution < -0.4 is 10.6 Å². The Kier molecular flexibility index (Phi) is 7.03. The Morgan fingerprint density at radius 2 is 1.74 bits per heavy atom. The molecular formula is C20H17F3N4OS3. The predicted octanol–water partition coefficient (Wildman–Crippen LogP) is 5.85. The number of carbonyl (C=O) groups is 1. The van der Waals surface area contributed by atoms with Crippen LogP contribution in [0.4, 0.5) is 24.0 Å². The maximum atomic E-state index is 13.3. The highest BCUT2D eigenvalue weighted by molar-refractivity contribution is 8.02. The van der Waals surface area contributed by atoms with Crippen molar-refractivity contribution in [3.8, 4) is 0 Å². The highest BCUT2D eigenvalue weighted by atomic mass is 32.2. The lowest BCUT2D eigenvalue weighted by molar-refractivity contribution is -0.120. The molecule has 1 fully saturated rings. The van der Waals surface area contributed by atoms with Crippen LogP contribution in [-0.4, -0.2) is 27.9 Å². The monoisotopic (exact) mass is 482 g/mol. The molecule has 0 bridgehead atoms. The van der Waals surface area contributed by atoms with Crippen molar-refractivity contribution in [3.05, 3.63) is 59.9 Å². The van der Waals surface area contributed by atoms with Gasteiger partial charge in [-0.25, -0.2) is 4.39 Å². The van der Waals surface area contributed by atoms with E-state index in [0.29, 0.717) is 37.4 Å². The number of nitrogens with one attached hydrogen (secondary N) is 2. The highest BCUT2D eigenvalue weighted by Crippen LogP contribution is 2.39. The van der Waals surface area contributed by atoms with Crippen molar-refractivity contribution in [2.75, 3.05) is 5.32 Å². The summed E-state index contributed by atoms with van der Waals surface area (Å²) < 4.78 is 38.8. The van der Waals surface area contributed by atoms with Gasteiger partial charge in [0.05, 0.1) is 0 Å². The molecule has 2 aromatic carbocycles. The second kappa shape index (κ2) is 9.92. The van der Waals surface area contributed by atoms with Crippen molar-refractivity contribution in [2.45, 2.75) is 39.1 Å². The van der Waals surface area contributed by atoms with Gasteiger partial charge in [-0.2, -0.15) is 8.78 Å². The third-order valence-electron chi connectivity index (χ3n) is 4.29. The Morgan fingerprint density at radius 3 is 2.39 bits per heavy atom. The van der Waals surface area contributed by atoms with E-state index in [1.54, 1.807) is 36.4 Å². The molecule has 3 aromatic rings. The van der Waals surface area contributed by atoms with Crippen molar-refractivity contribution < 1.29 is 18.0 Å². The van der Waals surface area contributed by atoms with Crippen molar-refractivity contribution in [2.24, 2.45) is 0 Å². The summed E-state index contributed by atoms with van der Waals surface area (Å²) in [6, 6.07) is 12.6. The van der Waals surface area contributed by atoms with Crippen LogP contribution in [0.15, 0.2) is 57.8 Å². The Hall–Kier alpha value is -2.24. The summed E-state index contributed by atoms with van der Waals surface area (Å²) in [6.07, 6.45) is 1.93. The van der Waals surface area contributed by atoms with Crippen LogP contribution in [0.2, 0.25) is 0 Å². The summed E-state index contributed by atoms with van der Waals surface area (Å²) in [5, 5.41) is 14.2. The number of carbonyl (C=O) groups excluding carboxylic acids is 1. The number of halogens is 3. The smallest absolute Gasteiger partial charge is 0.288 e. The second-order valence-corrected chi connectivity index (χ2v) is 10.1. The van der Waals surface area contributed by atoms with Crippen LogP contribution in [0.3, 0.4) is 0 Å². The molecule has 0 radical (unpaired) electrons. The molecular weight excluding hydrogens is 465 g/mol. The Balaban J connectivity index is 1.44. The summed E-state index contributed by atoms with van der Waals surface area (Å²) in [5.41, 5.74) is 1.37. The van der Waals surface area contributed by atoms with Crippen LogP contribution in [0.1, 0.15) is 23.7 Å². The first kappa shape index (κ1) is 22.0. The fourth-order valence-corrected chi connectivity index (χ4v) is 5.14. The molecule has 4 rings (SSSR count). The van der Waals surface area contributed by atoms with E-state index in [2.05, 4.69) is 20.8 Å². The molecule has 2 N–H and O–H groups in total. The summed E-state index contributed by atoms with van der Waals surface area (Å²) in [5.74, 6) is -2.97. The average molecular weight is 483 g/mol. The van der Waals surface area contributed by atoms with Crippen molar-refractivity contribution in [1.82, 2.24) is 15.5 Å². The van der Waals surface area contributed by atoms with Gasteiger partial charge < -0.3 is 10.6 Å². The van der Waals surface area contributed by atoms with E-state index >= 15 is 0 Å². The number of benzene rings is 2. The molecule has 1 aliphatic rings. The molecule has 31 heavy (non-hydrogen) atoms. The highest BCUT2D eigenvalue weighted by Gasteiger charge is 2.30. The SMILES string of the molecule is O=C(NC1CC1)C(Sc1nnc(Nc2ccc(SC(F)F)cc2)s1)c1ccc(F)cc1. The minimum Gasteiger partial charge on any atom is -0.352 e. The molecule has 162 valence electrons. The van der Waals surface area contributed by atoms with Crippen LogP contribution >= 0.6 is 34.9 Å². The Bertz CT molecular complexity index is 1030. The van der Waals surface area contributed by atoms with Crippen LogP contribution in [0.25, 0.3) is 0 Å². The van der Waals surface area contributed by atoms with E-state index < -0.39 is 11.0 Å². The number of hydrogen-bond acceptors (Lipinski definition) is 7. The molecule has 0 saturated heterocycles. The van der Waals surface area contributed by atoms with Crippen molar-refractivity contribution in [1.29, 1.82) is 0 Å². The number of nitrogens with zero attached hydrogens (tertiary/aromatic N) is 2. The third-order valence-corrected chi connectivity index (χ3v) is 7.19. The van der Waals surface area contributed by atoms with E-state index in [-0.39, 0.29) is 17.8 Å². The molecule has 0 aliphatic heterocycles. The van der Waals surface area contributed by atoms with Crippen LogP contribution in [0, 0.1) is 5.82 Å². The fraction of sp³-hybridized carbons (Fsp3) is 0.250. The first-order chi connectivity index (χ1) is 15.0. The lowest BCUT2D eigenvalue weighted by atomic mass is 10.1. The number of thioether (sulfide) groups is 2. The lowest BCUT2D eigenvalue weighted by Gasteiger charge is -2.15. The van der Waals surface area contributed by atoms with Gasteiger partial charge in [-0.3, -0.25) is 4.79 Å². The van der Waals surface area contributed by atoms with Gasteiger partial charge in [-0.15, -0.1) is 10.2 Å². The zero-order valence-electron chi connectivity index (χ0n) is 15.9. The van der Waals surface area contributed by atoms with Gasteiger partial charge in [0.15, 0.2) is 4.34 Å². The Labute approximate surface area is 189 Å². The van der Waals surface area contributed by atoms with Gasteiger partial charge >= 0.3 is 0 Å². The maximum Gasteiger partial charge on any atom is 0.288 e. The molecule has 0 spiro atoms. The van der Waals surface area contributed by atoms with Gasteiger partial charge in [-0.1, -0.05) is 47.0 Å². The summed E-state index contributed by atoms with van der Waals surface area (Å²) >= 11 is 3.00. The molecule has 11 heteroatoms. The number of rotatable bonds is 9. The standard InChI is InChI=1S/C20H17F3N4OS3/c21-12-3-1-11(2-4-12)16(17(28)24-13-5-6-13)30-20-27-26-19(31-20)25-14-7-9-15(10-8-14)29-18(22)23/h1-4,7-10,13,16,18H,5-6H2,(H,24,28)(H,25,26). The molecule has 1 saturated carbocycles. The minimum absolute atomic E-state index is 0.143. The van der Waals surface area contributed by atoms with Gasteiger partial charge in [0.1, 0.15) is 11.1 Å². The van der Waals surface area contributed by atoms with E-state index in [1.807, 2.05) is 0 Å². The molecule has 1 amide bonds. The summed E-state index contributed by atoms with van der Waals surface area (Å²) in [7, 11) is 0. The number of hydrogen-bond donors (Lipinski definition) is 2. The first-order valence-electron chi connectivity index (χ1n) is 9.34. The second-order valence-electron chi connectivity index (χ2n) is 6.73. The van der Waals surface area contributed by atoms with Crippen molar-refractivity contribution in [3.63, 3.8) is 0 Å². The van der Waals surface area contributed by atoms with E-state index in [1.165, 1.54) is 35.2 Å². The molecule has 1 heterocycles. The Morgan fingerprint density at radius 1 is 1.03 bits per heavy atom. The summed E-state index contributed by atoms with van der Waals surface area (Å²) in [6.45, 7) is 0. The first-order valence-corrected chi connectivity index (χ1v) is 11.9. The molecule has 1 aromatic heterocycles. The molecule has 1 aliphatic carbocycles. The molecule has 1 atom stereocenters. The van der Waals surface area contributed by atoms with E-state index in [9.17, 15) is 18.0 Å². The third kappa shape index (κ3) is 6.37. The number of anilines is 2. The van der Waals surface area contributed by atoms with E-state index in [4.69, 9.17) is 0 Å². The van der Waals surface area contributed by atoms with Gasteiger partial charge in [0, 0.05) is 16.6 Å².